The van der Waals surface area contributed by atoms with Gasteiger partial charge in [-0.15, -0.1) is 0 Å². The Morgan fingerprint density at radius 2 is 2.20 bits per heavy atom. The number of nitrogens with one attached hydrogen (secondary N) is 1. The topological polar surface area (TPSA) is 115 Å². The Bertz CT molecular complexity index is 1460. The molecule has 4 heterocycles. The molecule has 3 aromatic heterocycles. The molecule has 12 heteroatoms. The van der Waals surface area contributed by atoms with Gasteiger partial charge in [-0.1, -0.05) is 34.8 Å². The predicted octanol–water partition coefficient (Wildman–Crippen LogP) is 3.80. The molecule has 35 heavy (non-hydrogen) atoms. The summed E-state index contributed by atoms with van der Waals surface area (Å²) in [5, 5.41) is 3.54. The van der Waals surface area contributed by atoms with Crippen molar-refractivity contribution < 1.29 is 18.7 Å². The van der Waals surface area contributed by atoms with Crippen LogP contribution in [0.2, 0.25) is 0 Å². The number of ether oxygens (including phenoxy) is 1. The monoisotopic (exact) mass is 512 g/mol. The van der Waals surface area contributed by atoms with E-state index in [1.165, 1.54) is 23.5 Å². The number of nitrogens with two attached hydrogens (primary N) is 1. The van der Waals surface area contributed by atoms with E-state index in [1.807, 2.05) is 17.5 Å². The van der Waals surface area contributed by atoms with E-state index < -0.39 is 11.9 Å². The number of benzene rings is 1. The second kappa shape index (κ2) is 8.31. The first-order valence-electron chi connectivity index (χ1n) is 11.1. The van der Waals surface area contributed by atoms with E-state index in [9.17, 15) is 14.0 Å². The van der Waals surface area contributed by atoms with Gasteiger partial charge < -0.3 is 20.7 Å². The second-order valence-corrected chi connectivity index (χ2v) is 10.7. The lowest BCUT2D eigenvalue weighted by atomic mass is 10.1. The average Bonchev–Trinajstić information content (AvgIpc) is 3.16. The summed E-state index contributed by atoms with van der Waals surface area (Å²) in [5.74, 6) is 0.0624. The van der Waals surface area contributed by atoms with E-state index in [2.05, 4.69) is 15.3 Å². The van der Waals surface area contributed by atoms with Gasteiger partial charge in [-0.2, -0.15) is 0 Å². The van der Waals surface area contributed by atoms with Gasteiger partial charge in [0.05, 0.1) is 16.6 Å². The van der Waals surface area contributed by atoms with Crippen LogP contribution in [0, 0.1) is 24.6 Å². The van der Waals surface area contributed by atoms with Crippen LogP contribution >= 0.6 is 22.7 Å². The largest absolute Gasteiger partial charge is 0.413 e. The zero-order valence-electron chi connectivity index (χ0n) is 18.6. The van der Waals surface area contributed by atoms with E-state index >= 15 is 0 Å². The van der Waals surface area contributed by atoms with Crippen molar-refractivity contribution in [2.24, 2.45) is 11.8 Å². The lowest BCUT2D eigenvalue weighted by Gasteiger charge is -2.27. The molecule has 2 amide bonds. The van der Waals surface area contributed by atoms with Gasteiger partial charge in [0.2, 0.25) is 5.06 Å². The third-order valence-corrected chi connectivity index (χ3v) is 8.57. The van der Waals surface area contributed by atoms with Crippen molar-refractivity contribution in [1.29, 1.82) is 0 Å². The molecule has 0 radical (unpaired) electrons. The first kappa shape index (κ1) is 22.0. The maximum Gasteiger partial charge on any atom is 0.413 e. The Morgan fingerprint density at radius 1 is 1.34 bits per heavy atom. The second-order valence-electron chi connectivity index (χ2n) is 8.75. The molecule has 1 aliphatic carbocycles. The number of hydrogen-bond acceptors (Lipinski definition) is 8. The SMILES string of the molecule is Cc1c(OC(=O)NC[C@@H]2[C@H]3C[C@H]3CN2C(=O)c2nc(N)sc2-c2cccc(F)c2)sc2nccn12. The highest BCUT2D eigenvalue weighted by Gasteiger charge is 2.54. The molecule has 1 saturated heterocycles. The van der Waals surface area contributed by atoms with E-state index in [4.69, 9.17) is 10.5 Å². The van der Waals surface area contributed by atoms with Crippen molar-refractivity contribution in [3.8, 4) is 15.5 Å². The number of aryl methyl sites for hydroxylation is 1. The number of rotatable bonds is 5. The quantitative estimate of drug-likeness (QED) is 0.420. The van der Waals surface area contributed by atoms with Crippen LogP contribution in [0.15, 0.2) is 36.7 Å². The van der Waals surface area contributed by atoms with Crippen molar-refractivity contribution in [1.82, 2.24) is 24.6 Å². The molecule has 1 saturated carbocycles. The Morgan fingerprint density at radius 3 is 3.00 bits per heavy atom. The fourth-order valence-corrected chi connectivity index (χ4v) is 6.55. The Hall–Kier alpha value is -3.51. The molecular weight excluding hydrogens is 491 g/mol. The highest BCUT2D eigenvalue weighted by atomic mass is 32.1. The normalized spacial score (nSPS) is 20.7. The number of thiazole rings is 2. The number of hydrogen-bond donors (Lipinski definition) is 2. The summed E-state index contributed by atoms with van der Waals surface area (Å²) in [7, 11) is 0. The standard InChI is InChI=1S/C23H21FN6O3S2/c1-11-20(35-22-26-5-6-29(11)22)33-23(32)27-9-16-15-8-13(15)10-30(16)19(31)17-18(34-21(25)28-17)12-3-2-4-14(24)7-12/h2-7,13,15-16H,8-10H2,1H3,(H2,25,28)(H,27,32)/t13-,15-,16+/m0/s1. The summed E-state index contributed by atoms with van der Waals surface area (Å²) in [6.07, 6.45) is 3.94. The number of likely N-dealkylation sites (tertiary alicyclic amines) is 1. The van der Waals surface area contributed by atoms with E-state index in [-0.39, 0.29) is 29.3 Å². The van der Waals surface area contributed by atoms with Crippen molar-refractivity contribution >= 4 is 44.8 Å². The van der Waals surface area contributed by atoms with Crippen LogP contribution in [-0.2, 0) is 0 Å². The molecule has 6 rings (SSSR count). The number of piperidine rings is 1. The lowest BCUT2D eigenvalue weighted by molar-refractivity contribution is 0.0700. The van der Waals surface area contributed by atoms with Gasteiger partial charge in [0, 0.05) is 25.5 Å². The Kier molecular flexibility index (Phi) is 5.22. The van der Waals surface area contributed by atoms with Crippen molar-refractivity contribution in [2.75, 3.05) is 18.8 Å². The van der Waals surface area contributed by atoms with Gasteiger partial charge in [0.15, 0.2) is 10.1 Å². The summed E-state index contributed by atoms with van der Waals surface area (Å²) < 4.78 is 21.2. The fraction of sp³-hybridized carbons (Fsp3) is 0.304. The highest BCUT2D eigenvalue weighted by molar-refractivity contribution is 7.19. The first-order valence-corrected chi connectivity index (χ1v) is 12.7. The minimum Gasteiger partial charge on any atom is -0.397 e. The number of carbonyl (C=O) groups is 2. The smallest absolute Gasteiger partial charge is 0.397 e. The van der Waals surface area contributed by atoms with Crippen molar-refractivity contribution in [3.05, 3.63) is 53.9 Å². The van der Waals surface area contributed by atoms with Gasteiger partial charge >= 0.3 is 6.09 Å². The molecule has 4 aromatic rings. The zero-order valence-corrected chi connectivity index (χ0v) is 20.2. The van der Waals surface area contributed by atoms with Crippen LogP contribution in [0.4, 0.5) is 14.3 Å². The van der Waals surface area contributed by atoms with E-state index in [0.717, 1.165) is 28.4 Å². The van der Waals surface area contributed by atoms with Gasteiger partial charge in [-0.3, -0.25) is 9.20 Å². The molecule has 9 nitrogen and oxygen atoms in total. The number of nitrogens with zero attached hydrogens (tertiary/aromatic N) is 4. The van der Waals surface area contributed by atoms with Gasteiger partial charge in [-0.05, 0) is 42.9 Å². The number of amides is 2. The van der Waals surface area contributed by atoms with Crippen LogP contribution in [-0.4, -0.2) is 50.4 Å². The number of nitrogen functional groups attached to an aromatic ring is 1. The molecule has 0 spiro atoms. The Balaban J connectivity index is 1.17. The number of imidazole rings is 1. The number of carbonyl (C=O) groups excluding carboxylic acids is 2. The molecule has 3 atom stereocenters. The van der Waals surface area contributed by atoms with Gasteiger partial charge in [-0.25, -0.2) is 19.2 Å². The van der Waals surface area contributed by atoms with Crippen LogP contribution < -0.4 is 15.8 Å². The van der Waals surface area contributed by atoms with Crippen LogP contribution in [0.5, 0.6) is 5.06 Å². The molecule has 1 aromatic carbocycles. The molecule has 0 bridgehead atoms. The predicted molar refractivity (Wildman–Crippen MR) is 130 cm³/mol. The molecular formula is C23H21FN6O3S2. The van der Waals surface area contributed by atoms with Gasteiger partial charge in [0.25, 0.3) is 5.91 Å². The van der Waals surface area contributed by atoms with Crippen molar-refractivity contribution in [2.45, 2.75) is 19.4 Å². The minimum atomic E-state index is -0.576. The molecule has 3 N–H and O–H groups in total. The van der Waals surface area contributed by atoms with Crippen LogP contribution in [0.25, 0.3) is 15.4 Å². The number of halogens is 1. The first-order chi connectivity index (χ1) is 16.9. The number of anilines is 1. The van der Waals surface area contributed by atoms with Crippen LogP contribution in [0.1, 0.15) is 22.6 Å². The summed E-state index contributed by atoms with van der Waals surface area (Å²) in [5.41, 5.74) is 7.50. The summed E-state index contributed by atoms with van der Waals surface area (Å²) in [4.78, 5) is 37.6. The third kappa shape index (κ3) is 3.92. The lowest BCUT2D eigenvalue weighted by Crippen LogP contribution is -2.46. The molecule has 2 fully saturated rings. The highest BCUT2D eigenvalue weighted by Crippen LogP contribution is 2.50. The zero-order chi connectivity index (χ0) is 24.3. The average molecular weight is 513 g/mol. The summed E-state index contributed by atoms with van der Waals surface area (Å²) >= 11 is 2.45. The molecule has 180 valence electrons. The molecule has 1 aliphatic heterocycles. The molecule has 2 aliphatic rings. The molecule has 0 unspecified atom stereocenters. The maximum absolute atomic E-state index is 13.8. The number of fused-ring (bicyclic) bond motifs is 2. The number of aromatic nitrogens is 3. The van der Waals surface area contributed by atoms with Crippen LogP contribution in [0.3, 0.4) is 0 Å². The maximum atomic E-state index is 13.8. The summed E-state index contributed by atoms with van der Waals surface area (Å²) in [6.45, 7) is 2.71. The Labute approximate surface area is 207 Å². The van der Waals surface area contributed by atoms with Crippen molar-refractivity contribution in [3.63, 3.8) is 0 Å². The van der Waals surface area contributed by atoms with E-state index in [0.29, 0.717) is 33.9 Å². The summed E-state index contributed by atoms with van der Waals surface area (Å²) in [6, 6.07) is 5.85. The minimum absolute atomic E-state index is 0.176. The van der Waals surface area contributed by atoms with Gasteiger partial charge in [0.1, 0.15) is 11.5 Å². The van der Waals surface area contributed by atoms with E-state index in [1.54, 1.807) is 23.2 Å². The fourth-order valence-electron chi connectivity index (χ4n) is 4.79. The third-order valence-electron chi connectivity index (χ3n) is 6.59.